The summed E-state index contributed by atoms with van der Waals surface area (Å²) < 4.78 is 4.52. The third-order valence-electron chi connectivity index (χ3n) is 3.44. The summed E-state index contributed by atoms with van der Waals surface area (Å²) in [6.07, 6.45) is 0.0801. The average Bonchev–Trinajstić information content (AvgIpc) is 2.54. The standard InChI is InChI=1S/C17H26N4O4/c1-12(2)21(13(3)22)10-6-9-18-16(23)19-14-7-5-8-15(11-14)20-17(24)25-4/h5,7-8,11-12H,6,9-10H2,1-4H3,(H,20,24)(H2,18,19,23). The summed E-state index contributed by atoms with van der Waals surface area (Å²) in [5.74, 6) is 0.0226. The van der Waals surface area contributed by atoms with Crippen LogP contribution in [-0.2, 0) is 9.53 Å². The Bertz CT molecular complexity index is 604. The first-order valence-corrected chi connectivity index (χ1v) is 8.10. The number of benzene rings is 1. The monoisotopic (exact) mass is 350 g/mol. The van der Waals surface area contributed by atoms with Crippen molar-refractivity contribution in [2.24, 2.45) is 0 Å². The van der Waals surface area contributed by atoms with Crippen LogP contribution >= 0.6 is 0 Å². The zero-order valence-electron chi connectivity index (χ0n) is 15.1. The van der Waals surface area contributed by atoms with Gasteiger partial charge in [-0.15, -0.1) is 0 Å². The van der Waals surface area contributed by atoms with Gasteiger partial charge in [0.1, 0.15) is 0 Å². The van der Waals surface area contributed by atoms with E-state index in [1.807, 2.05) is 13.8 Å². The molecule has 8 heteroatoms. The van der Waals surface area contributed by atoms with Crippen LogP contribution in [0.5, 0.6) is 0 Å². The summed E-state index contributed by atoms with van der Waals surface area (Å²) in [6.45, 7) is 6.48. The highest BCUT2D eigenvalue weighted by Crippen LogP contribution is 2.15. The Morgan fingerprint density at radius 1 is 1.16 bits per heavy atom. The molecule has 0 saturated heterocycles. The molecule has 8 nitrogen and oxygen atoms in total. The molecule has 138 valence electrons. The van der Waals surface area contributed by atoms with Crippen LogP contribution in [0.25, 0.3) is 0 Å². The average molecular weight is 350 g/mol. The molecule has 0 saturated carbocycles. The van der Waals surface area contributed by atoms with Gasteiger partial charge >= 0.3 is 12.1 Å². The number of carbonyl (C=O) groups excluding carboxylic acids is 3. The SMILES string of the molecule is COC(=O)Nc1cccc(NC(=O)NCCCN(C(C)=O)C(C)C)c1. The van der Waals surface area contributed by atoms with Crippen LogP contribution in [0.2, 0.25) is 0 Å². The molecular formula is C17H26N4O4. The van der Waals surface area contributed by atoms with Crippen molar-refractivity contribution >= 4 is 29.4 Å². The first-order chi connectivity index (χ1) is 11.8. The quantitative estimate of drug-likeness (QED) is 0.658. The van der Waals surface area contributed by atoms with Crippen molar-refractivity contribution in [3.63, 3.8) is 0 Å². The number of carbonyl (C=O) groups is 3. The minimum absolute atomic E-state index is 0.0226. The molecule has 0 radical (unpaired) electrons. The number of ether oxygens (including phenoxy) is 1. The number of urea groups is 1. The fraction of sp³-hybridized carbons (Fsp3) is 0.471. The summed E-state index contributed by atoms with van der Waals surface area (Å²) in [4.78, 5) is 36.3. The number of rotatable bonds is 7. The number of amides is 4. The van der Waals surface area contributed by atoms with E-state index in [4.69, 9.17) is 0 Å². The summed E-state index contributed by atoms with van der Waals surface area (Å²) in [6, 6.07) is 6.49. The molecule has 1 aromatic carbocycles. The summed E-state index contributed by atoms with van der Waals surface area (Å²) in [5.41, 5.74) is 1.05. The molecule has 0 aliphatic heterocycles. The maximum atomic E-state index is 11.9. The minimum atomic E-state index is -0.582. The smallest absolute Gasteiger partial charge is 0.411 e. The Balaban J connectivity index is 2.40. The van der Waals surface area contributed by atoms with Crippen LogP contribution in [0.4, 0.5) is 21.0 Å². The highest BCUT2D eigenvalue weighted by atomic mass is 16.5. The summed E-state index contributed by atoms with van der Waals surface area (Å²) in [7, 11) is 1.28. The predicted molar refractivity (Wildman–Crippen MR) is 96.6 cm³/mol. The van der Waals surface area contributed by atoms with E-state index >= 15 is 0 Å². The molecular weight excluding hydrogens is 324 g/mol. The number of nitrogens with one attached hydrogen (secondary N) is 3. The highest BCUT2D eigenvalue weighted by molar-refractivity contribution is 5.91. The zero-order valence-corrected chi connectivity index (χ0v) is 15.1. The number of methoxy groups -OCH3 is 1. The molecule has 1 aromatic rings. The Hall–Kier alpha value is -2.77. The van der Waals surface area contributed by atoms with Crippen LogP contribution < -0.4 is 16.0 Å². The molecule has 0 unspecified atom stereocenters. The Kier molecular flexibility index (Phi) is 8.25. The Morgan fingerprint density at radius 3 is 2.36 bits per heavy atom. The molecule has 0 aliphatic rings. The third kappa shape index (κ3) is 7.56. The van der Waals surface area contributed by atoms with Crippen LogP contribution in [0.3, 0.4) is 0 Å². The van der Waals surface area contributed by atoms with Gasteiger partial charge in [-0.05, 0) is 38.5 Å². The lowest BCUT2D eigenvalue weighted by Gasteiger charge is -2.25. The van der Waals surface area contributed by atoms with Crippen molar-refractivity contribution in [1.29, 1.82) is 0 Å². The second-order valence-electron chi connectivity index (χ2n) is 5.74. The van der Waals surface area contributed by atoms with E-state index in [-0.39, 0.29) is 18.0 Å². The zero-order chi connectivity index (χ0) is 18.8. The van der Waals surface area contributed by atoms with Gasteiger partial charge in [0.05, 0.1) is 7.11 Å². The molecule has 0 spiro atoms. The molecule has 0 bridgehead atoms. The number of hydrogen-bond acceptors (Lipinski definition) is 4. The topological polar surface area (TPSA) is 99.8 Å². The van der Waals surface area contributed by atoms with Crippen molar-refractivity contribution < 1.29 is 19.1 Å². The molecule has 4 amide bonds. The van der Waals surface area contributed by atoms with Gasteiger partial charge in [-0.2, -0.15) is 0 Å². The van der Waals surface area contributed by atoms with Crippen LogP contribution in [0.1, 0.15) is 27.2 Å². The van der Waals surface area contributed by atoms with E-state index in [1.54, 1.807) is 29.2 Å². The van der Waals surface area contributed by atoms with E-state index in [0.717, 1.165) is 0 Å². The maximum absolute atomic E-state index is 11.9. The van der Waals surface area contributed by atoms with E-state index in [0.29, 0.717) is 30.9 Å². The summed E-state index contributed by atoms with van der Waals surface area (Å²) in [5, 5.41) is 7.94. The van der Waals surface area contributed by atoms with Crippen molar-refractivity contribution in [2.75, 3.05) is 30.8 Å². The lowest BCUT2D eigenvalue weighted by atomic mass is 10.2. The van der Waals surface area contributed by atoms with Crippen molar-refractivity contribution in [2.45, 2.75) is 33.2 Å². The molecule has 25 heavy (non-hydrogen) atoms. The Morgan fingerprint density at radius 2 is 1.80 bits per heavy atom. The summed E-state index contributed by atoms with van der Waals surface area (Å²) >= 11 is 0. The van der Waals surface area contributed by atoms with E-state index in [1.165, 1.54) is 14.0 Å². The molecule has 0 atom stereocenters. The van der Waals surface area contributed by atoms with Gasteiger partial charge in [0, 0.05) is 37.4 Å². The van der Waals surface area contributed by atoms with Crippen LogP contribution in [0, 0.1) is 0 Å². The largest absolute Gasteiger partial charge is 0.453 e. The fourth-order valence-electron chi connectivity index (χ4n) is 2.25. The van der Waals surface area contributed by atoms with Gasteiger partial charge in [0.15, 0.2) is 0 Å². The predicted octanol–water partition coefficient (Wildman–Crippen LogP) is 2.63. The molecule has 0 heterocycles. The van der Waals surface area contributed by atoms with Crippen LogP contribution in [0.15, 0.2) is 24.3 Å². The molecule has 3 N–H and O–H groups in total. The maximum Gasteiger partial charge on any atom is 0.411 e. The van der Waals surface area contributed by atoms with Gasteiger partial charge in [0.2, 0.25) is 5.91 Å². The van der Waals surface area contributed by atoms with E-state index in [9.17, 15) is 14.4 Å². The number of anilines is 2. The van der Waals surface area contributed by atoms with Gasteiger partial charge in [-0.3, -0.25) is 10.1 Å². The first kappa shape index (κ1) is 20.3. The van der Waals surface area contributed by atoms with Gasteiger partial charge < -0.3 is 20.3 Å². The van der Waals surface area contributed by atoms with Crippen molar-refractivity contribution in [1.82, 2.24) is 10.2 Å². The van der Waals surface area contributed by atoms with E-state index in [2.05, 4.69) is 20.7 Å². The van der Waals surface area contributed by atoms with Crippen molar-refractivity contribution in [3.05, 3.63) is 24.3 Å². The lowest BCUT2D eigenvalue weighted by Crippen LogP contribution is -2.38. The first-order valence-electron chi connectivity index (χ1n) is 8.10. The van der Waals surface area contributed by atoms with Gasteiger partial charge in [-0.25, -0.2) is 9.59 Å². The van der Waals surface area contributed by atoms with Gasteiger partial charge in [-0.1, -0.05) is 6.07 Å². The Labute approximate surface area is 147 Å². The minimum Gasteiger partial charge on any atom is -0.453 e. The van der Waals surface area contributed by atoms with E-state index < -0.39 is 6.09 Å². The third-order valence-corrected chi connectivity index (χ3v) is 3.44. The molecule has 0 aromatic heterocycles. The fourth-order valence-corrected chi connectivity index (χ4v) is 2.25. The number of nitrogens with zero attached hydrogens (tertiary/aromatic N) is 1. The van der Waals surface area contributed by atoms with Crippen molar-refractivity contribution in [3.8, 4) is 0 Å². The molecule has 0 fully saturated rings. The molecule has 1 rings (SSSR count). The van der Waals surface area contributed by atoms with Gasteiger partial charge in [0.25, 0.3) is 0 Å². The molecule has 0 aliphatic carbocycles. The van der Waals surface area contributed by atoms with Crippen LogP contribution in [-0.4, -0.2) is 49.2 Å². The lowest BCUT2D eigenvalue weighted by molar-refractivity contribution is -0.130. The second-order valence-corrected chi connectivity index (χ2v) is 5.74. The normalized spacial score (nSPS) is 10.1. The number of hydrogen-bond donors (Lipinski definition) is 3. The second kappa shape index (κ2) is 10.2. The highest BCUT2D eigenvalue weighted by Gasteiger charge is 2.12.